The van der Waals surface area contributed by atoms with Gasteiger partial charge in [-0.2, -0.15) is 0 Å². The summed E-state index contributed by atoms with van der Waals surface area (Å²) >= 11 is 0. The fourth-order valence-electron chi connectivity index (χ4n) is 1.84. The lowest BCUT2D eigenvalue weighted by Gasteiger charge is -2.17. The van der Waals surface area contributed by atoms with Crippen LogP contribution in [0.5, 0.6) is 0 Å². The number of nitrogens with zero attached hydrogens (tertiary/aromatic N) is 2. The Morgan fingerprint density at radius 1 is 1.18 bits per heavy atom. The van der Waals surface area contributed by atoms with Crippen molar-refractivity contribution in [1.82, 2.24) is 15.2 Å². The first-order valence-electron chi connectivity index (χ1n) is 6.69. The maximum absolute atomic E-state index is 4.32. The summed E-state index contributed by atoms with van der Waals surface area (Å²) in [6.07, 6.45) is 4.09. The summed E-state index contributed by atoms with van der Waals surface area (Å²) < 4.78 is 0. The second-order valence-corrected chi connectivity index (χ2v) is 4.20. The summed E-state index contributed by atoms with van der Waals surface area (Å²) in [5.74, 6) is 0. The van der Waals surface area contributed by atoms with E-state index in [2.05, 4.69) is 41.2 Å². The zero-order valence-electron chi connectivity index (χ0n) is 11.2. The molecule has 0 saturated heterocycles. The summed E-state index contributed by atoms with van der Waals surface area (Å²) in [7, 11) is 0. The molecular formula is C14H25N3. The van der Waals surface area contributed by atoms with Gasteiger partial charge in [0.2, 0.25) is 0 Å². The molecule has 0 unspecified atom stereocenters. The summed E-state index contributed by atoms with van der Waals surface area (Å²) in [5.41, 5.74) is 1.19. The lowest BCUT2D eigenvalue weighted by Crippen LogP contribution is -2.32. The van der Waals surface area contributed by atoms with Crippen LogP contribution in [0, 0.1) is 0 Å². The van der Waals surface area contributed by atoms with E-state index in [9.17, 15) is 0 Å². The molecule has 0 fully saturated rings. The number of rotatable bonds is 9. The Hall–Kier alpha value is -0.930. The highest BCUT2D eigenvalue weighted by Crippen LogP contribution is 1.96. The van der Waals surface area contributed by atoms with Gasteiger partial charge in [0.1, 0.15) is 0 Å². The third-order valence-corrected chi connectivity index (χ3v) is 3.01. The number of hydrogen-bond donors (Lipinski definition) is 1. The van der Waals surface area contributed by atoms with Crippen LogP contribution in [-0.4, -0.2) is 42.6 Å². The first-order chi connectivity index (χ1) is 8.36. The summed E-state index contributed by atoms with van der Waals surface area (Å²) in [6, 6.07) is 6.11. The number of likely N-dealkylation sites (N-methyl/N-ethyl adjacent to an activating group) is 1. The number of hydrogen-bond acceptors (Lipinski definition) is 3. The molecule has 0 amide bonds. The molecule has 1 aromatic rings. The Kier molecular flexibility index (Phi) is 7.60. The van der Waals surface area contributed by atoms with Crippen LogP contribution in [0.4, 0.5) is 0 Å². The fraction of sp³-hybridized carbons (Fsp3) is 0.643. The lowest BCUT2D eigenvalue weighted by atomic mass is 10.2. The Balaban J connectivity index is 1.98. The number of aryl methyl sites for hydroxylation is 1. The van der Waals surface area contributed by atoms with Crippen LogP contribution in [-0.2, 0) is 6.42 Å². The third kappa shape index (κ3) is 6.39. The van der Waals surface area contributed by atoms with E-state index in [-0.39, 0.29) is 0 Å². The van der Waals surface area contributed by atoms with Gasteiger partial charge in [-0.1, -0.05) is 19.9 Å². The Morgan fingerprint density at radius 3 is 2.65 bits per heavy atom. The molecule has 17 heavy (non-hydrogen) atoms. The average Bonchev–Trinajstić information content (AvgIpc) is 2.39. The minimum atomic E-state index is 1.07. The van der Waals surface area contributed by atoms with Crippen LogP contribution in [0.3, 0.4) is 0 Å². The largest absolute Gasteiger partial charge is 0.315 e. The molecule has 0 spiro atoms. The predicted octanol–water partition coefficient (Wildman–Crippen LogP) is 1.95. The van der Waals surface area contributed by atoms with Crippen LogP contribution >= 0.6 is 0 Å². The molecule has 0 aromatic carbocycles. The topological polar surface area (TPSA) is 28.2 Å². The van der Waals surface area contributed by atoms with Gasteiger partial charge >= 0.3 is 0 Å². The second kappa shape index (κ2) is 9.14. The molecule has 0 atom stereocenters. The van der Waals surface area contributed by atoms with E-state index in [1.807, 2.05) is 12.3 Å². The molecule has 1 aromatic heterocycles. The highest BCUT2D eigenvalue weighted by molar-refractivity contribution is 5.03. The van der Waals surface area contributed by atoms with Crippen molar-refractivity contribution in [2.24, 2.45) is 0 Å². The fourth-order valence-corrected chi connectivity index (χ4v) is 1.84. The minimum absolute atomic E-state index is 1.07. The van der Waals surface area contributed by atoms with Crippen LogP contribution in [0.2, 0.25) is 0 Å². The third-order valence-electron chi connectivity index (χ3n) is 3.01. The zero-order valence-corrected chi connectivity index (χ0v) is 11.2. The van der Waals surface area contributed by atoms with E-state index < -0.39 is 0 Å². The van der Waals surface area contributed by atoms with E-state index >= 15 is 0 Å². The van der Waals surface area contributed by atoms with E-state index in [0.29, 0.717) is 0 Å². The minimum Gasteiger partial charge on any atom is -0.315 e. The molecule has 1 N–H and O–H groups in total. The highest BCUT2D eigenvalue weighted by Gasteiger charge is 1.97. The van der Waals surface area contributed by atoms with Gasteiger partial charge in [0.05, 0.1) is 0 Å². The van der Waals surface area contributed by atoms with Gasteiger partial charge in [-0.05, 0) is 44.6 Å². The van der Waals surface area contributed by atoms with Gasteiger partial charge in [-0.15, -0.1) is 0 Å². The van der Waals surface area contributed by atoms with Crippen LogP contribution in [0.15, 0.2) is 24.4 Å². The van der Waals surface area contributed by atoms with Crippen molar-refractivity contribution in [2.45, 2.75) is 26.7 Å². The number of nitrogens with one attached hydrogen (secondary N) is 1. The monoisotopic (exact) mass is 235 g/mol. The molecule has 0 bridgehead atoms. The normalized spacial score (nSPS) is 11.0. The zero-order chi connectivity index (χ0) is 12.3. The van der Waals surface area contributed by atoms with E-state index in [0.717, 1.165) is 45.6 Å². The van der Waals surface area contributed by atoms with Gasteiger partial charge in [0, 0.05) is 25.0 Å². The molecule has 0 aliphatic rings. The van der Waals surface area contributed by atoms with Crippen LogP contribution < -0.4 is 5.32 Å². The number of aromatic nitrogens is 1. The highest BCUT2D eigenvalue weighted by atomic mass is 15.1. The van der Waals surface area contributed by atoms with Gasteiger partial charge in [0.25, 0.3) is 0 Å². The molecule has 96 valence electrons. The van der Waals surface area contributed by atoms with Crippen molar-refractivity contribution in [3.63, 3.8) is 0 Å². The van der Waals surface area contributed by atoms with E-state index in [1.54, 1.807) is 0 Å². The van der Waals surface area contributed by atoms with Crippen molar-refractivity contribution >= 4 is 0 Å². The molecule has 1 rings (SSSR count). The molecule has 0 aliphatic carbocycles. The first-order valence-corrected chi connectivity index (χ1v) is 6.69. The van der Waals surface area contributed by atoms with Crippen molar-refractivity contribution in [1.29, 1.82) is 0 Å². The average molecular weight is 235 g/mol. The number of pyridine rings is 1. The van der Waals surface area contributed by atoms with Crippen molar-refractivity contribution in [2.75, 3.05) is 32.7 Å². The van der Waals surface area contributed by atoms with Crippen molar-refractivity contribution in [3.05, 3.63) is 30.1 Å². The second-order valence-electron chi connectivity index (χ2n) is 4.20. The first kappa shape index (κ1) is 14.1. The Bertz CT molecular complexity index is 270. The van der Waals surface area contributed by atoms with Gasteiger partial charge < -0.3 is 10.2 Å². The molecular weight excluding hydrogens is 210 g/mol. The van der Waals surface area contributed by atoms with Crippen LogP contribution in [0.1, 0.15) is 26.0 Å². The molecule has 0 radical (unpaired) electrons. The van der Waals surface area contributed by atoms with Crippen LogP contribution in [0.25, 0.3) is 0 Å². The standard InChI is InChI=1S/C14H25N3/c1-3-17(4-2)13-12-15-10-7-9-14-8-5-6-11-16-14/h5-6,8,11,15H,3-4,7,9-10,12-13H2,1-2H3. The van der Waals surface area contributed by atoms with Crippen molar-refractivity contribution < 1.29 is 0 Å². The summed E-state index contributed by atoms with van der Waals surface area (Å²) in [6.45, 7) is 10.0. The molecule has 0 saturated carbocycles. The maximum atomic E-state index is 4.32. The quantitative estimate of drug-likeness (QED) is 0.663. The lowest BCUT2D eigenvalue weighted by molar-refractivity contribution is 0.302. The van der Waals surface area contributed by atoms with Gasteiger partial charge in [-0.25, -0.2) is 0 Å². The van der Waals surface area contributed by atoms with Gasteiger partial charge in [-0.3, -0.25) is 4.98 Å². The van der Waals surface area contributed by atoms with E-state index in [4.69, 9.17) is 0 Å². The van der Waals surface area contributed by atoms with E-state index in [1.165, 1.54) is 5.69 Å². The Morgan fingerprint density at radius 2 is 2.00 bits per heavy atom. The SMILES string of the molecule is CCN(CC)CCNCCCc1ccccn1. The summed E-state index contributed by atoms with van der Waals surface area (Å²) in [4.78, 5) is 6.75. The maximum Gasteiger partial charge on any atom is 0.0404 e. The van der Waals surface area contributed by atoms with Gasteiger partial charge in [0.15, 0.2) is 0 Å². The molecule has 3 heteroatoms. The summed E-state index contributed by atoms with van der Waals surface area (Å²) in [5, 5.41) is 3.49. The molecule has 0 aliphatic heterocycles. The van der Waals surface area contributed by atoms with Crippen molar-refractivity contribution in [3.8, 4) is 0 Å². The smallest absolute Gasteiger partial charge is 0.0404 e. The molecule has 1 heterocycles. The predicted molar refractivity (Wildman–Crippen MR) is 73.2 cm³/mol. The Labute approximate surface area is 105 Å². The molecule has 3 nitrogen and oxygen atoms in total.